The Morgan fingerprint density at radius 2 is 2.08 bits per heavy atom. The molecule has 0 heterocycles. The Labute approximate surface area is 82.2 Å². The van der Waals surface area contributed by atoms with Gasteiger partial charge in [-0.25, -0.2) is 4.39 Å². The fraction of sp³-hybridized carbons (Fsp3) is 0.400. The Kier molecular flexibility index (Phi) is 2.94. The van der Waals surface area contributed by atoms with Crippen molar-refractivity contribution in [1.82, 2.24) is 0 Å². The fourth-order valence-electron chi connectivity index (χ4n) is 1.05. The summed E-state index contributed by atoms with van der Waals surface area (Å²) in [5, 5.41) is 9.24. The highest BCUT2D eigenvalue weighted by Gasteiger charge is 2.19. The van der Waals surface area contributed by atoms with E-state index in [-0.39, 0.29) is 6.61 Å². The molecule has 1 aromatic rings. The third-order valence-electron chi connectivity index (χ3n) is 1.91. The SMILES string of the molecule is CC(C)(F)c1ccc(CO)c(Cl)c1. The van der Waals surface area contributed by atoms with Gasteiger partial charge in [0.1, 0.15) is 5.67 Å². The van der Waals surface area contributed by atoms with E-state index in [0.29, 0.717) is 16.1 Å². The zero-order valence-corrected chi connectivity index (χ0v) is 8.40. The van der Waals surface area contributed by atoms with Crippen LogP contribution in [0.3, 0.4) is 0 Å². The topological polar surface area (TPSA) is 20.2 Å². The van der Waals surface area contributed by atoms with E-state index in [0.717, 1.165) is 0 Å². The molecule has 0 aromatic heterocycles. The van der Waals surface area contributed by atoms with Crippen LogP contribution in [0.2, 0.25) is 5.02 Å². The van der Waals surface area contributed by atoms with Gasteiger partial charge in [0.15, 0.2) is 0 Å². The van der Waals surface area contributed by atoms with Crippen molar-refractivity contribution < 1.29 is 9.50 Å². The van der Waals surface area contributed by atoms with Crippen LogP contribution in [0, 0.1) is 0 Å². The molecule has 13 heavy (non-hydrogen) atoms. The molecule has 0 saturated carbocycles. The molecule has 0 unspecified atom stereocenters. The van der Waals surface area contributed by atoms with E-state index >= 15 is 0 Å². The normalized spacial score (nSPS) is 11.8. The lowest BCUT2D eigenvalue weighted by Crippen LogP contribution is -2.09. The number of benzene rings is 1. The fourth-order valence-corrected chi connectivity index (χ4v) is 1.29. The van der Waals surface area contributed by atoms with Gasteiger partial charge in [-0.05, 0) is 31.0 Å². The molecule has 0 saturated heterocycles. The molecule has 1 N–H and O–H groups in total. The van der Waals surface area contributed by atoms with Crippen molar-refractivity contribution in [3.63, 3.8) is 0 Å². The number of halogens is 2. The maximum absolute atomic E-state index is 13.4. The van der Waals surface area contributed by atoms with Gasteiger partial charge >= 0.3 is 0 Å². The Morgan fingerprint density at radius 3 is 2.46 bits per heavy atom. The van der Waals surface area contributed by atoms with Crippen molar-refractivity contribution in [3.8, 4) is 0 Å². The molecule has 0 aliphatic rings. The number of alkyl halides is 1. The van der Waals surface area contributed by atoms with Gasteiger partial charge in [-0.15, -0.1) is 0 Å². The lowest BCUT2D eigenvalue weighted by molar-refractivity contribution is 0.221. The van der Waals surface area contributed by atoms with E-state index in [2.05, 4.69) is 0 Å². The summed E-state index contributed by atoms with van der Waals surface area (Å²) in [5.41, 5.74) is -0.248. The summed E-state index contributed by atoms with van der Waals surface area (Å²) in [4.78, 5) is 0. The van der Waals surface area contributed by atoms with Gasteiger partial charge < -0.3 is 5.11 Å². The first-order valence-corrected chi connectivity index (χ1v) is 4.41. The summed E-state index contributed by atoms with van der Waals surface area (Å²) in [5.74, 6) is 0. The Balaban J connectivity index is 3.10. The number of aliphatic hydroxyl groups is 1. The largest absolute Gasteiger partial charge is 0.392 e. The standard InChI is InChI=1S/C10H12ClFO/c1-10(2,12)8-4-3-7(6-13)9(11)5-8/h3-5,13H,6H2,1-2H3. The van der Waals surface area contributed by atoms with Gasteiger partial charge in [-0.3, -0.25) is 0 Å². The molecular formula is C10H12ClFO. The minimum Gasteiger partial charge on any atom is -0.392 e. The second-order valence-corrected chi connectivity index (χ2v) is 3.84. The van der Waals surface area contributed by atoms with Gasteiger partial charge in [0.2, 0.25) is 0 Å². The Hall–Kier alpha value is -0.600. The first-order chi connectivity index (χ1) is 5.95. The van der Waals surface area contributed by atoms with Crippen LogP contribution in [0.25, 0.3) is 0 Å². The molecule has 0 atom stereocenters. The highest BCUT2D eigenvalue weighted by atomic mass is 35.5. The first-order valence-electron chi connectivity index (χ1n) is 4.04. The van der Waals surface area contributed by atoms with Crippen molar-refractivity contribution >= 4 is 11.6 Å². The van der Waals surface area contributed by atoms with Gasteiger partial charge in [-0.2, -0.15) is 0 Å². The van der Waals surface area contributed by atoms with Crippen LogP contribution in [0.1, 0.15) is 25.0 Å². The Morgan fingerprint density at radius 1 is 1.46 bits per heavy atom. The summed E-state index contributed by atoms with van der Waals surface area (Å²) in [6, 6.07) is 4.82. The molecule has 0 aliphatic heterocycles. The zero-order valence-electron chi connectivity index (χ0n) is 7.64. The molecule has 0 fully saturated rings. The predicted molar refractivity (Wildman–Crippen MR) is 51.5 cm³/mol. The van der Waals surface area contributed by atoms with E-state index in [1.54, 1.807) is 18.2 Å². The maximum Gasteiger partial charge on any atom is 0.130 e. The maximum atomic E-state index is 13.4. The Bertz CT molecular complexity index is 304. The van der Waals surface area contributed by atoms with E-state index in [4.69, 9.17) is 16.7 Å². The summed E-state index contributed by atoms with van der Waals surface area (Å²) in [6.45, 7) is 2.82. The highest BCUT2D eigenvalue weighted by molar-refractivity contribution is 6.31. The number of hydrogen-bond donors (Lipinski definition) is 1. The molecule has 0 spiro atoms. The summed E-state index contributed by atoms with van der Waals surface area (Å²) in [7, 11) is 0. The second kappa shape index (κ2) is 3.64. The van der Waals surface area contributed by atoms with Crippen LogP contribution in [0.5, 0.6) is 0 Å². The summed E-state index contributed by atoms with van der Waals surface area (Å²) >= 11 is 5.81. The highest BCUT2D eigenvalue weighted by Crippen LogP contribution is 2.28. The molecule has 3 heteroatoms. The van der Waals surface area contributed by atoms with E-state index in [1.165, 1.54) is 13.8 Å². The van der Waals surface area contributed by atoms with Crippen molar-refractivity contribution in [2.45, 2.75) is 26.1 Å². The first kappa shape index (κ1) is 10.5. The quantitative estimate of drug-likeness (QED) is 0.782. The minimum atomic E-state index is -1.39. The third kappa shape index (κ3) is 2.42. The van der Waals surface area contributed by atoms with E-state index < -0.39 is 5.67 Å². The molecule has 1 rings (SSSR count). The third-order valence-corrected chi connectivity index (χ3v) is 2.26. The minimum absolute atomic E-state index is 0.119. The molecular weight excluding hydrogens is 191 g/mol. The van der Waals surface area contributed by atoms with Gasteiger partial charge in [0, 0.05) is 5.02 Å². The number of rotatable bonds is 2. The van der Waals surface area contributed by atoms with Gasteiger partial charge in [-0.1, -0.05) is 23.7 Å². The summed E-state index contributed by atoms with van der Waals surface area (Å²) in [6.07, 6.45) is 0. The molecule has 0 bridgehead atoms. The molecule has 0 aliphatic carbocycles. The van der Waals surface area contributed by atoms with Crippen LogP contribution in [0.15, 0.2) is 18.2 Å². The van der Waals surface area contributed by atoms with Crippen molar-refractivity contribution in [1.29, 1.82) is 0 Å². The number of hydrogen-bond acceptors (Lipinski definition) is 1. The van der Waals surface area contributed by atoms with Crippen molar-refractivity contribution in [3.05, 3.63) is 34.3 Å². The monoisotopic (exact) mass is 202 g/mol. The van der Waals surface area contributed by atoms with Crippen molar-refractivity contribution in [2.75, 3.05) is 0 Å². The van der Waals surface area contributed by atoms with Crippen LogP contribution in [-0.2, 0) is 12.3 Å². The van der Waals surface area contributed by atoms with E-state index in [1.807, 2.05) is 0 Å². The lowest BCUT2D eigenvalue weighted by Gasteiger charge is -2.15. The predicted octanol–water partition coefficient (Wildman–Crippen LogP) is 3.04. The second-order valence-electron chi connectivity index (χ2n) is 3.44. The van der Waals surface area contributed by atoms with Crippen LogP contribution in [-0.4, -0.2) is 5.11 Å². The summed E-state index contributed by atoms with van der Waals surface area (Å²) < 4.78 is 13.4. The average molecular weight is 203 g/mol. The molecule has 1 nitrogen and oxygen atoms in total. The smallest absolute Gasteiger partial charge is 0.130 e. The zero-order chi connectivity index (χ0) is 10.1. The molecule has 72 valence electrons. The van der Waals surface area contributed by atoms with E-state index in [9.17, 15) is 4.39 Å². The van der Waals surface area contributed by atoms with Crippen molar-refractivity contribution in [2.24, 2.45) is 0 Å². The molecule has 0 amide bonds. The van der Waals surface area contributed by atoms with Crippen LogP contribution >= 0.6 is 11.6 Å². The molecule has 1 aromatic carbocycles. The molecule has 0 radical (unpaired) electrons. The lowest BCUT2D eigenvalue weighted by atomic mass is 9.99. The van der Waals surface area contributed by atoms with Gasteiger partial charge in [0.25, 0.3) is 0 Å². The van der Waals surface area contributed by atoms with Crippen LogP contribution in [0.4, 0.5) is 4.39 Å². The van der Waals surface area contributed by atoms with Crippen LogP contribution < -0.4 is 0 Å². The number of aliphatic hydroxyl groups excluding tert-OH is 1. The average Bonchev–Trinajstić information content (AvgIpc) is 2.02. The van der Waals surface area contributed by atoms with Gasteiger partial charge in [0.05, 0.1) is 6.61 Å².